The summed E-state index contributed by atoms with van der Waals surface area (Å²) in [5.41, 5.74) is 4.21. The highest BCUT2D eigenvalue weighted by atomic mass is 16.5. The number of hydrogen-bond acceptors (Lipinski definition) is 3. The van der Waals surface area contributed by atoms with Crippen molar-refractivity contribution in [3.8, 4) is 5.75 Å². The summed E-state index contributed by atoms with van der Waals surface area (Å²) < 4.78 is 7.82. The number of anilines is 1. The van der Waals surface area contributed by atoms with Crippen LogP contribution in [0.15, 0.2) is 79.1 Å². The molecule has 4 rings (SSSR count). The van der Waals surface area contributed by atoms with Gasteiger partial charge in [-0.1, -0.05) is 44.2 Å². The number of hydrogen-bond donors (Lipinski definition) is 1. The van der Waals surface area contributed by atoms with E-state index in [4.69, 9.17) is 4.74 Å². The Morgan fingerprint density at radius 3 is 2.72 bits per heavy atom. The first-order chi connectivity index (χ1) is 14.1. The van der Waals surface area contributed by atoms with Gasteiger partial charge in [-0.05, 0) is 47.9 Å². The minimum absolute atomic E-state index is 0.156. The molecule has 0 radical (unpaired) electrons. The Labute approximate surface area is 170 Å². The second-order valence-corrected chi connectivity index (χ2v) is 7.21. The first kappa shape index (κ1) is 18.7. The van der Waals surface area contributed by atoms with Crippen LogP contribution in [-0.4, -0.2) is 15.3 Å². The van der Waals surface area contributed by atoms with Crippen LogP contribution in [0.25, 0.3) is 5.65 Å². The van der Waals surface area contributed by atoms with Crippen molar-refractivity contribution in [2.75, 3.05) is 5.32 Å². The minimum atomic E-state index is -0.156. The highest BCUT2D eigenvalue weighted by molar-refractivity contribution is 6.04. The molecule has 5 heteroatoms. The third kappa shape index (κ3) is 4.29. The highest BCUT2D eigenvalue weighted by Gasteiger charge is 2.12. The fourth-order valence-corrected chi connectivity index (χ4v) is 3.25. The Morgan fingerprint density at radius 2 is 1.90 bits per heavy atom. The average Bonchev–Trinajstić information content (AvgIpc) is 3.16. The lowest BCUT2D eigenvalue weighted by molar-refractivity contribution is 0.102. The van der Waals surface area contributed by atoms with Gasteiger partial charge >= 0.3 is 0 Å². The summed E-state index contributed by atoms with van der Waals surface area (Å²) in [6, 6.07) is 20.9. The summed E-state index contributed by atoms with van der Waals surface area (Å²) in [6.45, 7) is 4.56. The predicted molar refractivity (Wildman–Crippen MR) is 114 cm³/mol. The van der Waals surface area contributed by atoms with Crippen molar-refractivity contribution in [1.29, 1.82) is 0 Å². The molecule has 0 spiro atoms. The summed E-state index contributed by atoms with van der Waals surface area (Å²) in [4.78, 5) is 17.3. The van der Waals surface area contributed by atoms with Crippen LogP contribution >= 0.6 is 0 Å². The number of carbonyl (C=O) groups is 1. The Kier molecular flexibility index (Phi) is 5.29. The Morgan fingerprint density at radius 1 is 1.07 bits per heavy atom. The quantitative estimate of drug-likeness (QED) is 0.491. The number of aromatic nitrogens is 2. The third-order valence-corrected chi connectivity index (χ3v) is 4.73. The molecule has 0 fully saturated rings. The van der Waals surface area contributed by atoms with Crippen LogP contribution in [0.2, 0.25) is 0 Å². The lowest BCUT2D eigenvalue weighted by Gasteiger charge is -2.14. The number of amides is 1. The van der Waals surface area contributed by atoms with Crippen LogP contribution in [0.4, 0.5) is 5.69 Å². The molecule has 0 aliphatic rings. The molecule has 0 aliphatic heterocycles. The standard InChI is InChI=1S/C24H23N3O2/c1-17(2)21-10-3-4-11-22(21)26-24(28)18-8-7-9-20(14-18)29-16-19-15-27-13-6-5-12-23(27)25-19/h3-15,17H,16H2,1-2H3,(H,26,28). The number of benzene rings is 2. The van der Waals surface area contributed by atoms with Gasteiger partial charge in [-0.15, -0.1) is 0 Å². The SMILES string of the molecule is CC(C)c1ccccc1NC(=O)c1cccc(OCc2cn3ccccc3n2)c1. The van der Waals surface area contributed by atoms with E-state index < -0.39 is 0 Å². The van der Waals surface area contributed by atoms with Crippen molar-refractivity contribution in [1.82, 2.24) is 9.38 Å². The highest BCUT2D eigenvalue weighted by Crippen LogP contribution is 2.24. The molecule has 1 N–H and O–H groups in total. The molecule has 0 saturated heterocycles. The average molecular weight is 385 g/mol. The van der Waals surface area contributed by atoms with E-state index >= 15 is 0 Å². The van der Waals surface area contributed by atoms with E-state index in [1.807, 2.05) is 71.4 Å². The van der Waals surface area contributed by atoms with Crippen molar-refractivity contribution < 1.29 is 9.53 Å². The van der Waals surface area contributed by atoms with Crippen LogP contribution < -0.4 is 10.1 Å². The summed E-state index contributed by atoms with van der Waals surface area (Å²) in [6.07, 6.45) is 3.89. The predicted octanol–water partition coefficient (Wildman–Crippen LogP) is 5.29. The molecule has 0 aliphatic carbocycles. The molecule has 2 aromatic carbocycles. The van der Waals surface area contributed by atoms with E-state index in [0.717, 1.165) is 22.6 Å². The Hall–Kier alpha value is -3.60. The van der Waals surface area contributed by atoms with Gasteiger partial charge in [0.2, 0.25) is 0 Å². The maximum absolute atomic E-state index is 12.8. The smallest absolute Gasteiger partial charge is 0.255 e. The van der Waals surface area contributed by atoms with Crippen molar-refractivity contribution in [3.63, 3.8) is 0 Å². The molecular formula is C24H23N3O2. The first-order valence-corrected chi connectivity index (χ1v) is 9.66. The van der Waals surface area contributed by atoms with Crippen molar-refractivity contribution in [2.45, 2.75) is 26.4 Å². The number of para-hydroxylation sites is 1. The van der Waals surface area contributed by atoms with Crippen molar-refractivity contribution >= 4 is 17.2 Å². The van der Waals surface area contributed by atoms with E-state index in [1.54, 1.807) is 12.1 Å². The van der Waals surface area contributed by atoms with E-state index in [-0.39, 0.29) is 5.91 Å². The molecule has 2 heterocycles. The number of ether oxygens (including phenoxy) is 1. The molecular weight excluding hydrogens is 362 g/mol. The monoisotopic (exact) mass is 385 g/mol. The van der Waals surface area contributed by atoms with Gasteiger partial charge in [-0.3, -0.25) is 4.79 Å². The van der Waals surface area contributed by atoms with Gasteiger partial charge in [-0.25, -0.2) is 4.98 Å². The number of carbonyl (C=O) groups excluding carboxylic acids is 1. The fourth-order valence-electron chi connectivity index (χ4n) is 3.25. The molecule has 0 atom stereocenters. The molecule has 4 aromatic rings. The van der Waals surface area contributed by atoms with Gasteiger partial charge in [0.1, 0.15) is 18.0 Å². The number of nitrogens with zero attached hydrogens (tertiary/aromatic N) is 2. The number of imidazole rings is 1. The maximum Gasteiger partial charge on any atom is 0.255 e. The van der Waals surface area contributed by atoms with Crippen LogP contribution in [0.5, 0.6) is 5.75 Å². The molecule has 0 unspecified atom stereocenters. The zero-order valence-corrected chi connectivity index (χ0v) is 16.5. The molecule has 29 heavy (non-hydrogen) atoms. The van der Waals surface area contributed by atoms with Gasteiger partial charge in [-0.2, -0.15) is 0 Å². The number of rotatable bonds is 6. The van der Waals surface area contributed by atoms with Gasteiger partial charge in [0.25, 0.3) is 5.91 Å². The lowest BCUT2D eigenvalue weighted by atomic mass is 10.0. The summed E-state index contributed by atoms with van der Waals surface area (Å²) in [5.74, 6) is 0.801. The third-order valence-electron chi connectivity index (χ3n) is 4.73. The van der Waals surface area contributed by atoms with Crippen molar-refractivity contribution in [3.05, 3.63) is 95.9 Å². The fraction of sp³-hybridized carbons (Fsp3) is 0.167. The minimum Gasteiger partial charge on any atom is -0.487 e. The first-order valence-electron chi connectivity index (χ1n) is 9.66. The second-order valence-electron chi connectivity index (χ2n) is 7.21. The number of pyridine rings is 1. The topological polar surface area (TPSA) is 55.6 Å². The zero-order chi connectivity index (χ0) is 20.2. The molecule has 5 nitrogen and oxygen atoms in total. The lowest BCUT2D eigenvalue weighted by Crippen LogP contribution is -2.13. The largest absolute Gasteiger partial charge is 0.487 e. The van der Waals surface area contributed by atoms with E-state index in [1.165, 1.54) is 0 Å². The summed E-state index contributed by atoms with van der Waals surface area (Å²) in [5, 5.41) is 3.02. The van der Waals surface area contributed by atoms with E-state index in [0.29, 0.717) is 23.8 Å². The number of fused-ring (bicyclic) bond motifs is 1. The molecule has 1 amide bonds. The molecule has 0 bridgehead atoms. The second kappa shape index (κ2) is 8.19. The summed E-state index contributed by atoms with van der Waals surface area (Å²) >= 11 is 0. The van der Waals surface area contributed by atoms with Crippen LogP contribution in [0.1, 0.15) is 41.4 Å². The van der Waals surface area contributed by atoms with Crippen LogP contribution in [0, 0.1) is 0 Å². The molecule has 146 valence electrons. The van der Waals surface area contributed by atoms with Gasteiger partial charge in [0.15, 0.2) is 0 Å². The number of nitrogens with one attached hydrogen (secondary N) is 1. The van der Waals surface area contributed by atoms with Gasteiger partial charge in [0, 0.05) is 23.6 Å². The molecule has 2 aromatic heterocycles. The van der Waals surface area contributed by atoms with Gasteiger partial charge < -0.3 is 14.5 Å². The van der Waals surface area contributed by atoms with E-state index in [2.05, 4.69) is 24.1 Å². The van der Waals surface area contributed by atoms with Crippen LogP contribution in [0.3, 0.4) is 0 Å². The Balaban J connectivity index is 1.46. The maximum atomic E-state index is 12.8. The Bertz CT molecular complexity index is 1110. The van der Waals surface area contributed by atoms with Crippen LogP contribution in [-0.2, 0) is 6.61 Å². The molecule has 0 saturated carbocycles. The summed E-state index contributed by atoms with van der Waals surface area (Å²) in [7, 11) is 0. The zero-order valence-electron chi connectivity index (χ0n) is 16.5. The van der Waals surface area contributed by atoms with Gasteiger partial charge in [0.05, 0.1) is 5.69 Å². The van der Waals surface area contributed by atoms with E-state index in [9.17, 15) is 4.79 Å². The normalized spacial score (nSPS) is 11.0. The van der Waals surface area contributed by atoms with Crippen molar-refractivity contribution in [2.24, 2.45) is 0 Å².